The first-order valence-corrected chi connectivity index (χ1v) is 8.51. The number of thioether (sulfide) groups is 1. The first-order chi connectivity index (χ1) is 11.9. The molecule has 9 nitrogen and oxygen atoms in total. The fraction of sp³-hybridized carbons (Fsp3) is 0.214. The number of rotatable bonds is 6. The number of benzene rings is 1. The second-order valence-electron chi connectivity index (χ2n) is 4.40. The van der Waals surface area contributed by atoms with Gasteiger partial charge in [0, 0.05) is 11.1 Å². The zero-order valence-electron chi connectivity index (χ0n) is 13.2. The fourth-order valence-electron chi connectivity index (χ4n) is 1.74. The van der Waals surface area contributed by atoms with Crippen LogP contribution in [0.15, 0.2) is 29.6 Å². The minimum absolute atomic E-state index is 0.0273. The molecule has 0 saturated carbocycles. The second kappa shape index (κ2) is 8.49. The van der Waals surface area contributed by atoms with Crippen molar-refractivity contribution in [2.45, 2.75) is 12.1 Å². The Bertz CT molecular complexity index is 805. The van der Waals surface area contributed by atoms with Gasteiger partial charge in [-0.2, -0.15) is 0 Å². The molecule has 0 unspecified atom stereocenters. The highest BCUT2D eigenvalue weighted by molar-refractivity contribution is 7.98. The number of hydrogen-bond donors (Lipinski definition) is 1. The maximum atomic E-state index is 11.5. The number of nitro groups is 1. The molecule has 1 aromatic carbocycles. The van der Waals surface area contributed by atoms with E-state index in [0.29, 0.717) is 5.16 Å². The number of carbonyl (C=O) groups is 1. The van der Waals surface area contributed by atoms with Gasteiger partial charge in [0.1, 0.15) is 5.69 Å². The maximum Gasteiger partial charge on any atom is 0.514 e. The lowest BCUT2D eigenvalue weighted by molar-refractivity contribution is -0.383. The number of nitro benzene ring substituents is 1. The zero-order valence-corrected chi connectivity index (χ0v) is 14.8. The number of halogens is 1. The van der Waals surface area contributed by atoms with Crippen LogP contribution in [0.3, 0.4) is 0 Å². The highest BCUT2D eigenvalue weighted by Gasteiger charge is 2.19. The molecule has 0 bridgehead atoms. The van der Waals surface area contributed by atoms with Crippen molar-refractivity contribution in [3.8, 4) is 5.75 Å². The van der Waals surface area contributed by atoms with E-state index in [2.05, 4.69) is 15.3 Å². The first kappa shape index (κ1) is 18.7. The summed E-state index contributed by atoms with van der Waals surface area (Å²) in [5.74, 6) is 0.0540. The quantitative estimate of drug-likeness (QED) is 0.259. The van der Waals surface area contributed by atoms with Crippen molar-refractivity contribution < 1.29 is 19.2 Å². The third-order valence-electron chi connectivity index (χ3n) is 2.78. The first-order valence-electron chi connectivity index (χ1n) is 6.91. The number of nitrogens with one attached hydrogen (secondary N) is 1. The molecule has 11 heteroatoms. The van der Waals surface area contributed by atoms with Gasteiger partial charge in [-0.3, -0.25) is 10.1 Å². The van der Waals surface area contributed by atoms with Gasteiger partial charge in [0.05, 0.1) is 17.7 Å². The molecule has 0 spiro atoms. The van der Waals surface area contributed by atoms with Gasteiger partial charge in [-0.25, -0.2) is 14.8 Å². The van der Waals surface area contributed by atoms with Crippen LogP contribution in [0.5, 0.6) is 5.75 Å². The molecular formula is C14H13ClN4O5S. The van der Waals surface area contributed by atoms with Crippen molar-refractivity contribution in [3.05, 3.63) is 39.5 Å². The summed E-state index contributed by atoms with van der Waals surface area (Å²) in [6, 6.07) is 4.11. The van der Waals surface area contributed by atoms with E-state index >= 15 is 0 Å². The molecule has 132 valence electrons. The molecule has 1 heterocycles. The summed E-state index contributed by atoms with van der Waals surface area (Å²) in [4.78, 5) is 30.3. The van der Waals surface area contributed by atoms with Crippen LogP contribution in [-0.4, -0.2) is 33.9 Å². The van der Waals surface area contributed by atoms with Crippen molar-refractivity contribution in [2.75, 3.05) is 18.2 Å². The molecule has 25 heavy (non-hydrogen) atoms. The van der Waals surface area contributed by atoms with Gasteiger partial charge < -0.3 is 14.8 Å². The summed E-state index contributed by atoms with van der Waals surface area (Å²) in [7, 11) is 0. The molecule has 0 aliphatic rings. The molecule has 1 N–H and O–H groups in total. The Morgan fingerprint density at radius 1 is 1.48 bits per heavy atom. The zero-order chi connectivity index (χ0) is 18.4. The number of ether oxygens (including phenoxy) is 2. The summed E-state index contributed by atoms with van der Waals surface area (Å²) < 4.78 is 9.74. The van der Waals surface area contributed by atoms with Gasteiger partial charge >= 0.3 is 6.16 Å². The van der Waals surface area contributed by atoms with Crippen LogP contribution in [0.2, 0.25) is 5.02 Å². The largest absolute Gasteiger partial charge is 0.514 e. The molecule has 0 amide bonds. The van der Waals surface area contributed by atoms with Crippen molar-refractivity contribution in [3.63, 3.8) is 0 Å². The Morgan fingerprint density at radius 2 is 2.24 bits per heavy atom. The third-order valence-corrected chi connectivity index (χ3v) is 3.58. The highest BCUT2D eigenvalue weighted by atomic mass is 35.5. The Kier molecular flexibility index (Phi) is 6.37. The lowest BCUT2D eigenvalue weighted by atomic mass is 10.2. The molecule has 2 rings (SSSR count). The van der Waals surface area contributed by atoms with Gasteiger partial charge in [0.15, 0.2) is 16.7 Å². The summed E-state index contributed by atoms with van der Waals surface area (Å²) in [5, 5.41) is 14.6. The molecule has 1 aromatic heterocycles. The molecule has 2 aromatic rings. The molecular weight excluding hydrogens is 372 g/mol. The van der Waals surface area contributed by atoms with Crippen LogP contribution < -0.4 is 10.1 Å². The smallest absolute Gasteiger partial charge is 0.434 e. The van der Waals surface area contributed by atoms with Crippen LogP contribution in [0.4, 0.5) is 22.0 Å². The van der Waals surface area contributed by atoms with Gasteiger partial charge in [0.2, 0.25) is 0 Å². The van der Waals surface area contributed by atoms with E-state index in [-0.39, 0.29) is 34.6 Å². The third kappa shape index (κ3) is 4.94. The Balaban J connectivity index is 2.40. The summed E-state index contributed by atoms with van der Waals surface area (Å²) in [6.45, 7) is 1.76. The SMILES string of the molecule is CCOC(=O)Oc1cnc(SC)nc1Nc1ccc(Cl)cc1[N+](=O)[O-]. The van der Waals surface area contributed by atoms with E-state index in [1.807, 2.05) is 0 Å². The predicted octanol–water partition coefficient (Wildman–Crippen LogP) is 4.04. The lowest BCUT2D eigenvalue weighted by Crippen LogP contribution is -2.12. The van der Waals surface area contributed by atoms with Crippen LogP contribution in [0.1, 0.15) is 6.92 Å². The van der Waals surface area contributed by atoms with Crippen molar-refractivity contribution in [1.29, 1.82) is 0 Å². The van der Waals surface area contributed by atoms with E-state index in [1.165, 1.54) is 36.2 Å². The number of hydrogen-bond acceptors (Lipinski definition) is 9. The monoisotopic (exact) mass is 384 g/mol. The van der Waals surface area contributed by atoms with Crippen molar-refractivity contribution in [1.82, 2.24) is 9.97 Å². The maximum absolute atomic E-state index is 11.5. The average Bonchev–Trinajstić information content (AvgIpc) is 2.58. The van der Waals surface area contributed by atoms with Gasteiger partial charge in [-0.1, -0.05) is 23.4 Å². The Morgan fingerprint density at radius 3 is 2.88 bits per heavy atom. The molecule has 0 radical (unpaired) electrons. The van der Waals surface area contributed by atoms with Crippen LogP contribution in [-0.2, 0) is 4.74 Å². The van der Waals surface area contributed by atoms with Crippen LogP contribution >= 0.6 is 23.4 Å². The molecule has 0 saturated heterocycles. The van der Waals surface area contributed by atoms with Gasteiger partial charge in [0.25, 0.3) is 5.69 Å². The van der Waals surface area contributed by atoms with Crippen LogP contribution in [0, 0.1) is 10.1 Å². The fourth-order valence-corrected chi connectivity index (χ4v) is 2.25. The Labute approximate surface area is 151 Å². The minimum Gasteiger partial charge on any atom is -0.434 e. The lowest BCUT2D eigenvalue weighted by Gasteiger charge is -2.12. The normalized spacial score (nSPS) is 10.2. The van der Waals surface area contributed by atoms with Gasteiger partial charge in [-0.05, 0) is 25.3 Å². The minimum atomic E-state index is -0.934. The summed E-state index contributed by atoms with van der Waals surface area (Å²) in [5.41, 5.74) is -0.118. The summed E-state index contributed by atoms with van der Waals surface area (Å²) >= 11 is 7.05. The van der Waals surface area contributed by atoms with E-state index in [1.54, 1.807) is 13.2 Å². The standard InChI is InChI=1S/C14H13ClN4O5S/c1-3-23-14(20)24-11-7-16-13(25-2)18-12(11)17-9-5-4-8(15)6-10(9)19(21)22/h4-7H,3H2,1-2H3,(H,16,17,18). The highest BCUT2D eigenvalue weighted by Crippen LogP contribution is 2.33. The molecule has 0 aliphatic carbocycles. The van der Waals surface area contributed by atoms with E-state index in [9.17, 15) is 14.9 Å². The molecule has 0 atom stereocenters. The van der Waals surface area contributed by atoms with Gasteiger partial charge in [-0.15, -0.1) is 0 Å². The Hall–Kier alpha value is -2.59. The number of nitrogens with zero attached hydrogens (tertiary/aromatic N) is 3. The molecule has 0 fully saturated rings. The predicted molar refractivity (Wildman–Crippen MR) is 92.9 cm³/mol. The topological polar surface area (TPSA) is 116 Å². The summed E-state index contributed by atoms with van der Waals surface area (Å²) in [6.07, 6.45) is 2.10. The van der Waals surface area contributed by atoms with E-state index in [4.69, 9.17) is 21.1 Å². The van der Waals surface area contributed by atoms with E-state index < -0.39 is 11.1 Å². The number of carbonyl (C=O) groups excluding carboxylic acids is 1. The van der Waals surface area contributed by atoms with Crippen LogP contribution in [0.25, 0.3) is 0 Å². The molecule has 0 aliphatic heterocycles. The van der Waals surface area contributed by atoms with Crippen molar-refractivity contribution in [2.24, 2.45) is 0 Å². The second-order valence-corrected chi connectivity index (χ2v) is 5.61. The average molecular weight is 385 g/mol. The number of aromatic nitrogens is 2. The number of anilines is 2. The van der Waals surface area contributed by atoms with Crippen molar-refractivity contribution >= 4 is 46.7 Å². The van der Waals surface area contributed by atoms with E-state index in [0.717, 1.165) is 0 Å².